The number of phenols is 1. The van der Waals surface area contributed by atoms with Gasteiger partial charge in [-0.15, -0.1) is 0 Å². The third-order valence-corrected chi connectivity index (χ3v) is 2.94. The zero-order valence-electron chi connectivity index (χ0n) is 9.74. The number of carboxylic acids is 1. The van der Waals surface area contributed by atoms with Gasteiger partial charge in [0.25, 0.3) is 0 Å². The predicted octanol–water partition coefficient (Wildman–Crippen LogP) is 0.375. The molecule has 1 aromatic rings. The average molecular weight is 251 g/mol. The Morgan fingerprint density at radius 3 is 2.83 bits per heavy atom. The van der Waals surface area contributed by atoms with E-state index in [9.17, 15) is 19.8 Å². The molecule has 0 spiro atoms. The molecule has 2 N–H and O–H groups in total. The van der Waals surface area contributed by atoms with E-state index in [1.54, 1.807) is 12.1 Å². The fraction of sp³-hybridized carbons (Fsp3) is 0.333. The Kier molecular flexibility index (Phi) is 3.20. The number of amides is 1. The second kappa shape index (κ2) is 4.66. The quantitative estimate of drug-likeness (QED) is 0.793. The van der Waals surface area contributed by atoms with Crippen LogP contribution >= 0.6 is 0 Å². The van der Waals surface area contributed by atoms with Gasteiger partial charge in [-0.2, -0.15) is 0 Å². The summed E-state index contributed by atoms with van der Waals surface area (Å²) < 4.78 is 5.29. The SMILES string of the molecule is CN1C(=O)COC(c2cccc(O)c2)C1C(=O)O. The van der Waals surface area contributed by atoms with Crippen LogP contribution in [0.4, 0.5) is 0 Å². The van der Waals surface area contributed by atoms with Crippen LogP contribution in [-0.2, 0) is 14.3 Å². The van der Waals surface area contributed by atoms with E-state index < -0.39 is 18.1 Å². The molecule has 96 valence electrons. The second-order valence-electron chi connectivity index (χ2n) is 4.11. The number of aliphatic carboxylic acids is 1. The maximum atomic E-state index is 11.4. The van der Waals surface area contributed by atoms with Crippen molar-refractivity contribution in [2.75, 3.05) is 13.7 Å². The number of hydrogen-bond donors (Lipinski definition) is 2. The number of nitrogens with zero attached hydrogens (tertiary/aromatic N) is 1. The molecular weight excluding hydrogens is 238 g/mol. The van der Waals surface area contributed by atoms with Crippen molar-refractivity contribution >= 4 is 11.9 Å². The topological polar surface area (TPSA) is 87.1 Å². The van der Waals surface area contributed by atoms with Crippen LogP contribution in [0, 0.1) is 0 Å². The summed E-state index contributed by atoms with van der Waals surface area (Å²) in [6, 6.07) is 5.09. The minimum Gasteiger partial charge on any atom is -0.508 e. The summed E-state index contributed by atoms with van der Waals surface area (Å²) in [6.45, 7) is -0.166. The van der Waals surface area contributed by atoms with Crippen molar-refractivity contribution in [1.29, 1.82) is 0 Å². The fourth-order valence-corrected chi connectivity index (χ4v) is 1.99. The van der Waals surface area contributed by atoms with Crippen molar-refractivity contribution in [3.63, 3.8) is 0 Å². The van der Waals surface area contributed by atoms with E-state index in [4.69, 9.17) is 4.74 Å². The molecule has 1 heterocycles. The minimum absolute atomic E-state index is 0.0276. The molecule has 18 heavy (non-hydrogen) atoms. The molecule has 0 bridgehead atoms. The molecule has 1 fully saturated rings. The maximum absolute atomic E-state index is 11.4. The monoisotopic (exact) mass is 251 g/mol. The van der Waals surface area contributed by atoms with Crippen LogP contribution in [0.1, 0.15) is 11.7 Å². The Hall–Kier alpha value is -2.08. The summed E-state index contributed by atoms with van der Waals surface area (Å²) in [6.07, 6.45) is -0.780. The van der Waals surface area contributed by atoms with Gasteiger partial charge < -0.3 is 19.8 Å². The first-order chi connectivity index (χ1) is 8.50. The number of carboxylic acid groups (broad SMARTS) is 1. The molecule has 6 nitrogen and oxygen atoms in total. The van der Waals surface area contributed by atoms with Gasteiger partial charge in [0.15, 0.2) is 6.04 Å². The largest absolute Gasteiger partial charge is 0.508 e. The molecule has 2 rings (SSSR count). The number of phenolic OH excluding ortho intramolecular Hbond substituents is 1. The summed E-state index contributed by atoms with van der Waals surface area (Å²) in [4.78, 5) is 23.8. The van der Waals surface area contributed by atoms with Crippen molar-refractivity contribution in [3.05, 3.63) is 29.8 Å². The third-order valence-electron chi connectivity index (χ3n) is 2.94. The summed E-state index contributed by atoms with van der Waals surface area (Å²) in [7, 11) is 1.43. The second-order valence-corrected chi connectivity index (χ2v) is 4.11. The number of hydrogen-bond acceptors (Lipinski definition) is 4. The van der Waals surface area contributed by atoms with Gasteiger partial charge >= 0.3 is 5.97 Å². The Labute approximate surface area is 103 Å². The van der Waals surface area contributed by atoms with E-state index >= 15 is 0 Å². The Morgan fingerprint density at radius 2 is 2.22 bits per heavy atom. The van der Waals surface area contributed by atoms with E-state index in [2.05, 4.69) is 0 Å². The lowest BCUT2D eigenvalue weighted by Gasteiger charge is -2.36. The number of carbonyl (C=O) groups is 2. The highest BCUT2D eigenvalue weighted by atomic mass is 16.5. The molecule has 1 aliphatic rings. The molecule has 1 aliphatic heterocycles. The molecule has 2 unspecified atom stereocenters. The number of morpholine rings is 1. The number of rotatable bonds is 2. The molecule has 1 aromatic carbocycles. The van der Waals surface area contributed by atoms with Gasteiger partial charge in [-0.3, -0.25) is 4.79 Å². The van der Waals surface area contributed by atoms with Crippen LogP contribution in [0.25, 0.3) is 0 Å². The van der Waals surface area contributed by atoms with Crippen LogP contribution in [-0.4, -0.2) is 46.7 Å². The van der Waals surface area contributed by atoms with Crippen LogP contribution in [0.5, 0.6) is 5.75 Å². The first kappa shape index (κ1) is 12.4. The van der Waals surface area contributed by atoms with E-state index in [1.165, 1.54) is 19.2 Å². The van der Waals surface area contributed by atoms with Crippen molar-refractivity contribution in [3.8, 4) is 5.75 Å². The minimum atomic E-state index is -1.14. The Bertz CT molecular complexity index is 487. The van der Waals surface area contributed by atoms with Crippen molar-refractivity contribution in [1.82, 2.24) is 4.90 Å². The van der Waals surface area contributed by atoms with Gasteiger partial charge in [-0.05, 0) is 17.7 Å². The summed E-state index contributed by atoms with van der Waals surface area (Å²) in [5.74, 6) is -1.49. The van der Waals surface area contributed by atoms with Crippen molar-refractivity contribution in [2.24, 2.45) is 0 Å². The average Bonchev–Trinajstić information content (AvgIpc) is 2.32. The highest BCUT2D eigenvalue weighted by molar-refractivity contribution is 5.86. The van der Waals surface area contributed by atoms with Crippen LogP contribution in [0.2, 0.25) is 0 Å². The standard InChI is InChI=1S/C12H13NO5/c1-13-9(15)6-18-11(10(13)12(16)17)7-3-2-4-8(14)5-7/h2-5,10-11,14H,6H2,1H3,(H,16,17). The number of benzene rings is 1. The molecule has 0 radical (unpaired) electrons. The lowest BCUT2D eigenvalue weighted by Crippen LogP contribution is -2.52. The third kappa shape index (κ3) is 2.14. The molecule has 0 saturated carbocycles. The van der Waals surface area contributed by atoms with Crippen LogP contribution < -0.4 is 0 Å². The van der Waals surface area contributed by atoms with Crippen molar-refractivity contribution in [2.45, 2.75) is 12.1 Å². The maximum Gasteiger partial charge on any atom is 0.329 e. The first-order valence-electron chi connectivity index (χ1n) is 5.39. The fourth-order valence-electron chi connectivity index (χ4n) is 1.99. The molecule has 2 atom stereocenters. The molecule has 0 aromatic heterocycles. The van der Waals surface area contributed by atoms with Gasteiger partial charge in [-0.25, -0.2) is 4.79 Å². The van der Waals surface area contributed by atoms with Gasteiger partial charge in [0.05, 0.1) is 0 Å². The zero-order chi connectivity index (χ0) is 13.3. The van der Waals surface area contributed by atoms with Gasteiger partial charge in [-0.1, -0.05) is 12.1 Å². The zero-order valence-corrected chi connectivity index (χ0v) is 9.74. The molecule has 1 saturated heterocycles. The molecule has 0 aliphatic carbocycles. The van der Waals surface area contributed by atoms with Gasteiger partial charge in [0.2, 0.25) is 5.91 Å². The molecule has 6 heteroatoms. The predicted molar refractivity (Wildman–Crippen MR) is 61.0 cm³/mol. The summed E-state index contributed by atoms with van der Waals surface area (Å²) in [5.41, 5.74) is 0.529. The lowest BCUT2D eigenvalue weighted by molar-refractivity contribution is -0.169. The summed E-state index contributed by atoms with van der Waals surface area (Å²) >= 11 is 0. The van der Waals surface area contributed by atoms with Gasteiger partial charge in [0.1, 0.15) is 18.5 Å². The lowest BCUT2D eigenvalue weighted by atomic mass is 9.99. The Morgan fingerprint density at radius 1 is 1.50 bits per heavy atom. The summed E-state index contributed by atoms with van der Waals surface area (Å²) in [5, 5.41) is 18.6. The molecule has 1 amide bonds. The van der Waals surface area contributed by atoms with Crippen LogP contribution in [0.15, 0.2) is 24.3 Å². The number of likely N-dealkylation sites (N-methyl/N-ethyl adjacent to an activating group) is 1. The molecular formula is C12H13NO5. The van der Waals surface area contributed by atoms with Crippen molar-refractivity contribution < 1.29 is 24.5 Å². The number of ether oxygens (including phenoxy) is 1. The van der Waals surface area contributed by atoms with Crippen LogP contribution in [0.3, 0.4) is 0 Å². The Balaban J connectivity index is 2.36. The smallest absolute Gasteiger partial charge is 0.329 e. The normalized spacial score (nSPS) is 24.1. The first-order valence-corrected chi connectivity index (χ1v) is 5.39. The number of aromatic hydroxyl groups is 1. The highest BCUT2D eigenvalue weighted by Crippen LogP contribution is 2.30. The van der Waals surface area contributed by atoms with E-state index in [1.807, 2.05) is 0 Å². The number of carbonyl (C=O) groups excluding carboxylic acids is 1. The van der Waals surface area contributed by atoms with Gasteiger partial charge in [0, 0.05) is 7.05 Å². The van der Waals surface area contributed by atoms with E-state index in [-0.39, 0.29) is 18.3 Å². The van der Waals surface area contributed by atoms with E-state index in [0.29, 0.717) is 5.56 Å². The highest BCUT2D eigenvalue weighted by Gasteiger charge is 2.40. The van der Waals surface area contributed by atoms with E-state index in [0.717, 1.165) is 4.90 Å².